The Hall–Kier alpha value is -2.30. The first-order chi connectivity index (χ1) is 8.63. The van der Waals surface area contributed by atoms with Crippen molar-refractivity contribution in [2.75, 3.05) is 11.1 Å². The monoisotopic (exact) mass is 244 g/mol. The molecule has 0 saturated carbocycles. The van der Waals surface area contributed by atoms with Gasteiger partial charge < -0.3 is 15.8 Å². The Morgan fingerprint density at radius 2 is 1.72 bits per heavy atom. The van der Waals surface area contributed by atoms with E-state index in [1.165, 1.54) is 0 Å². The number of anilines is 3. The Labute approximate surface area is 106 Å². The molecule has 0 aliphatic rings. The third kappa shape index (κ3) is 3.35. The maximum atomic E-state index is 5.56. The highest BCUT2D eigenvalue weighted by Gasteiger charge is 2.00. The molecule has 0 radical (unpaired) electrons. The Morgan fingerprint density at radius 3 is 2.28 bits per heavy atom. The highest BCUT2D eigenvalue weighted by Crippen LogP contribution is 2.19. The van der Waals surface area contributed by atoms with E-state index in [0.29, 0.717) is 11.6 Å². The van der Waals surface area contributed by atoms with Crippen molar-refractivity contribution in [1.29, 1.82) is 0 Å². The number of nitrogens with one attached hydrogen (secondary N) is 1. The van der Waals surface area contributed by atoms with E-state index in [2.05, 4.69) is 15.3 Å². The van der Waals surface area contributed by atoms with Crippen molar-refractivity contribution in [3.05, 3.63) is 36.7 Å². The summed E-state index contributed by atoms with van der Waals surface area (Å²) in [6, 6.07) is 7.63. The number of hydrogen-bond acceptors (Lipinski definition) is 5. The lowest BCUT2D eigenvalue weighted by Gasteiger charge is -2.10. The molecule has 0 spiro atoms. The summed E-state index contributed by atoms with van der Waals surface area (Å²) >= 11 is 0. The number of aromatic nitrogens is 2. The standard InChI is InChI=1S/C13H16N4O/c1-9(2)18-12-5-3-11(4-6-12)17-13-15-7-10(14)8-16-13/h3-9H,14H2,1-2H3,(H,15,16,17). The molecule has 0 unspecified atom stereocenters. The van der Waals surface area contributed by atoms with E-state index in [-0.39, 0.29) is 6.10 Å². The second-order valence-corrected chi connectivity index (χ2v) is 4.16. The zero-order chi connectivity index (χ0) is 13.0. The van der Waals surface area contributed by atoms with Crippen LogP contribution < -0.4 is 15.8 Å². The van der Waals surface area contributed by atoms with E-state index in [9.17, 15) is 0 Å². The van der Waals surface area contributed by atoms with Crippen LogP contribution in [0.1, 0.15) is 13.8 Å². The minimum absolute atomic E-state index is 0.171. The molecule has 0 saturated heterocycles. The summed E-state index contributed by atoms with van der Waals surface area (Å²) in [5, 5.41) is 3.08. The molecule has 18 heavy (non-hydrogen) atoms. The van der Waals surface area contributed by atoms with Crippen LogP contribution in [0.4, 0.5) is 17.3 Å². The molecule has 0 aliphatic heterocycles. The smallest absolute Gasteiger partial charge is 0.227 e. The van der Waals surface area contributed by atoms with Gasteiger partial charge >= 0.3 is 0 Å². The molecule has 1 heterocycles. The normalized spacial score (nSPS) is 10.4. The molecule has 0 atom stereocenters. The summed E-state index contributed by atoms with van der Waals surface area (Å²) in [5.74, 6) is 1.36. The van der Waals surface area contributed by atoms with Crippen LogP contribution in [0.5, 0.6) is 5.75 Å². The number of nitrogen functional groups attached to an aromatic ring is 1. The second-order valence-electron chi connectivity index (χ2n) is 4.16. The Kier molecular flexibility index (Phi) is 3.62. The maximum absolute atomic E-state index is 5.56. The molecule has 3 N–H and O–H groups in total. The molecule has 2 rings (SSSR count). The summed E-state index contributed by atoms with van der Waals surface area (Å²) in [7, 11) is 0. The molecule has 0 aliphatic carbocycles. The van der Waals surface area contributed by atoms with E-state index < -0.39 is 0 Å². The zero-order valence-corrected chi connectivity index (χ0v) is 10.4. The fourth-order valence-electron chi connectivity index (χ4n) is 1.42. The first kappa shape index (κ1) is 12.2. The molecular weight excluding hydrogens is 228 g/mol. The number of benzene rings is 1. The van der Waals surface area contributed by atoms with Gasteiger partial charge in [-0.1, -0.05) is 0 Å². The molecule has 94 valence electrons. The summed E-state index contributed by atoms with van der Waals surface area (Å²) < 4.78 is 5.56. The number of ether oxygens (including phenoxy) is 1. The van der Waals surface area contributed by atoms with Gasteiger partial charge in [0.05, 0.1) is 24.2 Å². The van der Waals surface area contributed by atoms with Crippen molar-refractivity contribution < 1.29 is 4.74 Å². The van der Waals surface area contributed by atoms with Gasteiger partial charge in [-0.25, -0.2) is 9.97 Å². The molecule has 1 aromatic heterocycles. The predicted octanol–water partition coefficient (Wildman–Crippen LogP) is 2.59. The highest BCUT2D eigenvalue weighted by molar-refractivity contribution is 5.55. The van der Waals surface area contributed by atoms with E-state index >= 15 is 0 Å². The molecule has 0 amide bonds. The van der Waals surface area contributed by atoms with Gasteiger partial charge in [-0.2, -0.15) is 0 Å². The lowest BCUT2D eigenvalue weighted by atomic mass is 10.3. The molecular formula is C13H16N4O. The lowest BCUT2D eigenvalue weighted by Crippen LogP contribution is -2.05. The van der Waals surface area contributed by atoms with Crippen LogP contribution in [0.25, 0.3) is 0 Å². The van der Waals surface area contributed by atoms with Crippen molar-refractivity contribution in [1.82, 2.24) is 9.97 Å². The Balaban J connectivity index is 2.04. The third-order valence-electron chi connectivity index (χ3n) is 2.15. The van der Waals surface area contributed by atoms with Gasteiger partial charge in [0.2, 0.25) is 5.95 Å². The van der Waals surface area contributed by atoms with Crippen LogP contribution in [0.2, 0.25) is 0 Å². The molecule has 5 nitrogen and oxygen atoms in total. The van der Waals surface area contributed by atoms with Gasteiger partial charge in [0, 0.05) is 5.69 Å². The summed E-state index contributed by atoms with van der Waals surface area (Å²) in [4.78, 5) is 8.13. The maximum Gasteiger partial charge on any atom is 0.227 e. The number of nitrogens with zero attached hydrogens (tertiary/aromatic N) is 2. The molecule has 0 bridgehead atoms. The van der Waals surface area contributed by atoms with E-state index in [0.717, 1.165) is 11.4 Å². The fraction of sp³-hybridized carbons (Fsp3) is 0.231. The van der Waals surface area contributed by atoms with Crippen LogP contribution >= 0.6 is 0 Å². The van der Waals surface area contributed by atoms with Crippen molar-refractivity contribution in [2.45, 2.75) is 20.0 Å². The minimum atomic E-state index is 0.171. The van der Waals surface area contributed by atoms with Gasteiger partial charge in [-0.05, 0) is 38.1 Å². The summed E-state index contributed by atoms with van der Waals surface area (Å²) in [6.45, 7) is 3.99. The van der Waals surface area contributed by atoms with Crippen LogP contribution in [-0.2, 0) is 0 Å². The first-order valence-electron chi connectivity index (χ1n) is 5.75. The van der Waals surface area contributed by atoms with Crippen LogP contribution in [0.3, 0.4) is 0 Å². The summed E-state index contributed by atoms with van der Waals surface area (Å²) in [6.07, 6.45) is 3.29. The van der Waals surface area contributed by atoms with Crippen molar-refractivity contribution in [2.24, 2.45) is 0 Å². The largest absolute Gasteiger partial charge is 0.491 e. The van der Waals surface area contributed by atoms with Crippen molar-refractivity contribution in [3.63, 3.8) is 0 Å². The van der Waals surface area contributed by atoms with Gasteiger partial charge in [-0.3, -0.25) is 0 Å². The van der Waals surface area contributed by atoms with Crippen LogP contribution in [0.15, 0.2) is 36.7 Å². The zero-order valence-electron chi connectivity index (χ0n) is 10.4. The average Bonchev–Trinajstić information content (AvgIpc) is 2.34. The number of hydrogen-bond donors (Lipinski definition) is 2. The highest BCUT2D eigenvalue weighted by atomic mass is 16.5. The number of nitrogens with two attached hydrogens (primary N) is 1. The van der Waals surface area contributed by atoms with Gasteiger partial charge in [0.1, 0.15) is 5.75 Å². The van der Waals surface area contributed by atoms with Gasteiger partial charge in [0.15, 0.2) is 0 Å². The van der Waals surface area contributed by atoms with Crippen LogP contribution in [0, 0.1) is 0 Å². The second kappa shape index (κ2) is 5.35. The molecule has 5 heteroatoms. The first-order valence-corrected chi connectivity index (χ1v) is 5.75. The van der Waals surface area contributed by atoms with E-state index in [1.54, 1.807) is 12.4 Å². The lowest BCUT2D eigenvalue weighted by molar-refractivity contribution is 0.242. The summed E-state index contributed by atoms with van der Waals surface area (Å²) in [5.41, 5.74) is 6.96. The van der Waals surface area contributed by atoms with E-state index in [4.69, 9.17) is 10.5 Å². The van der Waals surface area contributed by atoms with Gasteiger partial charge in [-0.15, -0.1) is 0 Å². The Bertz CT molecular complexity index is 493. The SMILES string of the molecule is CC(C)Oc1ccc(Nc2ncc(N)cn2)cc1. The number of rotatable bonds is 4. The Morgan fingerprint density at radius 1 is 1.11 bits per heavy atom. The molecule has 2 aromatic rings. The molecule has 0 fully saturated rings. The van der Waals surface area contributed by atoms with Gasteiger partial charge in [0.25, 0.3) is 0 Å². The minimum Gasteiger partial charge on any atom is -0.491 e. The fourth-order valence-corrected chi connectivity index (χ4v) is 1.42. The van der Waals surface area contributed by atoms with Crippen LogP contribution in [-0.4, -0.2) is 16.1 Å². The molecule has 1 aromatic carbocycles. The van der Waals surface area contributed by atoms with E-state index in [1.807, 2.05) is 38.1 Å². The van der Waals surface area contributed by atoms with Crippen molar-refractivity contribution in [3.8, 4) is 5.75 Å². The average molecular weight is 244 g/mol. The third-order valence-corrected chi connectivity index (χ3v) is 2.15. The predicted molar refractivity (Wildman–Crippen MR) is 71.9 cm³/mol. The van der Waals surface area contributed by atoms with Crippen molar-refractivity contribution >= 4 is 17.3 Å². The quantitative estimate of drug-likeness (QED) is 0.864. The topological polar surface area (TPSA) is 73.1 Å².